The largest absolute Gasteiger partial charge is 0.370 e. The number of nitrogens with one attached hydrogen (secondary N) is 2. The fraction of sp³-hybridized carbons (Fsp3) is 0.750. The van der Waals surface area contributed by atoms with Crippen molar-refractivity contribution in [1.29, 1.82) is 0 Å². The molecule has 0 spiro atoms. The molecule has 5 nitrogen and oxygen atoms in total. The zero-order valence-corrected chi connectivity index (χ0v) is 13.4. The molecule has 3 rings (SSSR count). The maximum Gasteiger partial charge on any atom is 0.136 e. The Kier molecular flexibility index (Phi) is 4.29. The molecular formula is C16H27N5. The summed E-state index contributed by atoms with van der Waals surface area (Å²) in [4.78, 5) is 11.8. The van der Waals surface area contributed by atoms with Gasteiger partial charge in [0.25, 0.3) is 0 Å². The van der Waals surface area contributed by atoms with Gasteiger partial charge in [0.05, 0.1) is 0 Å². The molecule has 1 saturated heterocycles. The van der Waals surface area contributed by atoms with Crippen LogP contribution < -0.4 is 10.6 Å². The molecule has 1 aliphatic heterocycles. The average molecular weight is 289 g/mol. The number of rotatable bonds is 5. The number of likely N-dealkylation sites (tertiary alicyclic amines) is 1. The molecule has 2 aliphatic rings. The highest BCUT2D eigenvalue weighted by molar-refractivity contribution is 5.48. The molecule has 0 bridgehead atoms. The first-order valence-corrected chi connectivity index (χ1v) is 8.25. The number of hydrogen-bond acceptors (Lipinski definition) is 5. The van der Waals surface area contributed by atoms with Crippen LogP contribution in [-0.4, -0.2) is 47.1 Å². The molecule has 1 aliphatic carbocycles. The first-order valence-electron chi connectivity index (χ1n) is 8.25. The predicted molar refractivity (Wildman–Crippen MR) is 86.9 cm³/mol. The smallest absolute Gasteiger partial charge is 0.136 e. The Bertz CT molecular complexity index is 486. The van der Waals surface area contributed by atoms with E-state index in [2.05, 4.69) is 47.5 Å². The fourth-order valence-electron chi connectivity index (χ4n) is 2.97. The first kappa shape index (κ1) is 14.6. The molecule has 2 fully saturated rings. The summed E-state index contributed by atoms with van der Waals surface area (Å²) in [5.41, 5.74) is 0. The van der Waals surface area contributed by atoms with E-state index in [9.17, 15) is 0 Å². The van der Waals surface area contributed by atoms with Crippen LogP contribution in [0.4, 0.5) is 11.6 Å². The molecule has 2 atom stereocenters. The molecule has 1 saturated carbocycles. The molecule has 0 amide bonds. The molecule has 21 heavy (non-hydrogen) atoms. The summed E-state index contributed by atoms with van der Waals surface area (Å²) in [6.45, 7) is 6.45. The number of hydrogen-bond donors (Lipinski definition) is 2. The Morgan fingerprint density at radius 2 is 2.00 bits per heavy atom. The molecule has 0 radical (unpaired) electrons. The molecule has 5 heteroatoms. The lowest BCUT2D eigenvalue weighted by molar-refractivity contribution is 0.190. The topological polar surface area (TPSA) is 53.1 Å². The van der Waals surface area contributed by atoms with E-state index in [0.717, 1.165) is 30.5 Å². The van der Waals surface area contributed by atoms with Gasteiger partial charge in [0.15, 0.2) is 0 Å². The van der Waals surface area contributed by atoms with E-state index in [1.807, 2.05) is 0 Å². The van der Waals surface area contributed by atoms with Crippen LogP contribution in [0.5, 0.6) is 0 Å². The van der Waals surface area contributed by atoms with E-state index in [1.54, 1.807) is 0 Å². The van der Waals surface area contributed by atoms with Crippen molar-refractivity contribution >= 4 is 11.6 Å². The molecular weight excluding hydrogens is 262 g/mol. The van der Waals surface area contributed by atoms with Crippen molar-refractivity contribution in [3.8, 4) is 0 Å². The van der Waals surface area contributed by atoms with E-state index in [1.165, 1.54) is 25.7 Å². The van der Waals surface area contributed by atoms with E-state index in [-0.39, 0.29) is 0 Å². The lowest BCUT2D eigenvalue weighted by Crippen LogP contribution is -2.42. The maximum absolute atomic E-state index is 4.74. The summed E-state index contributed by atoms with van der Waals surface area (Å²) in [6, 6.07) is 3.21. The molecule has 116 valence electrons. The van der Waals surface area contributed by atoms with E-state index in [0.29, 0.717) is 18.0 Å². The van der Waals surface area contributed by atoms with Crippen molar-refractivity contribution in [3.05, 3.63) is 11.9 Å². The minimum atomic E-state index is 0.521. The van der Waals surface area contributed by atoms with E-state index < -0.39 is 0 Å². The normalized spacial score (nSPS) is 26.6. The summed E-state index contributed by atoms with van der Waals surface area (Å²) in [6.07, 6.45) is 4.83. The standard InChI is InChI=1S/C16H27N5/c1-4-17-14-10-15(20-16(19-14)12-5-6-12)18-13-7-8-21(3)11(2)9-13/h10-13H,4-9H2,1-3H3,(H2,17,18,19,20). The third-order valence-electron chi connectivity index (χ3n) is 4.60. The zero-order chi connectivity index (χ0) is 14.8. The Morgan fingerprint density at radius 3 is 2.67 bits per heavy atom. The second kappa shape index (κ2) is 6.18. The van der Waals surface area contributed by atoms with Crippen molar-refractivity contribution in [3.63, 3.8) is 0 Å². The summed E-state index contributed by atoms with van der Waals surface area (Å²) >= 11 is 0. The zero-order valence-electron chi connectivity index (χ0n) is 13.4. The average Bonchev–Trinajstić information content (AvgIpc) is 3.28. The third kappa shape index (κ3) is 3.64. The maximum atomic E-state index is 4.74. The van der Waals surface area contributed by atoms with Gasteiger partial charge >= 0.3 is 0 Å². The lowest BCUT2D eigenvalue weighted by atomic mass is 9.99. The Hall–Kier alpha value is -1.36. The van der Waals surface area contributed by atoms with Crippen molar-refractivity contribution in [1.82, 2.24) is 14.9 Å². The lowest BCUT2D eigenvalue weighted by Gasteiger charge is -2.35. The van der Waals surface area contributed by atoms with Gasteiger partial charge in [0, 0.05) is 37.2 Å². The number of nitrogens with zero attached hydrogens (tertiary/aromatic N) is 3. The van der Waals surface area contributed by atoms with Crippen LogP contribution in [0.3, 0.4) is 0 Å². The number of aromatic nitrogens is 2. The minimum absolute atomic E-state index is 0.521. The Morgan fingerprint density at radius 1 is 1.24 bits per heavy atom. The van der Waals surface area contributed by atoms with Crippen LogP contribution in [0.1, 0.15) is 51.3 Å². The van der Waals surface area contributed by atoms with Crippen LogP contribution in [-0.2, 0) is 0 Å². The van der Waals surface area contributed by atoms with E-state index >= 15 is 0 Å². The molecule has 2 N–H and O–H groups in total. The van der Waals surface area contributed by atoms with Gasteiger partial charge in [-0.15, -0.1) is 0 Å². The van der Waals surface area contributed by atoms with Gasteiger partial charge < -0.3 is 15.5 Å². The number of anilines is 2. The van der Waals surface area contributed by atoms with Crippen LogP contribution in [0.2, 0.25) is 0 Å². The van der Waals surface area contributed by atoms with E-state index in [4.69, 9.17) is 4.98 Å². The number of piperidine rings is 1. The van der Waals surface area contributed by atoms with Gasteiger partial charge in [0.2, 0.25) is 0 Å². The highest BCUT2D eigenvalue weighted by atomic mass is 15.2. The van der Waals surface area contributed by atoms with Crippen molar-refractivity contribution < 1.29 is 0 Å². The summed E-state index contributed by atoms with van der Waals surface area (Å²) in [5, 5.41) is 6.96. The first-order chi connectivity index (χ1) is 10.2. The highest BCUT2D eigenvalue weighted by Gasteiger charge is 2.28. The van der Waals surface area contributed by atoms with Gasteiger partial charge in [-0.3, -0.25) is 0 Å². The van der Waals surface area contributed by atoms with Crippen LogP contribution in [0.15, 0.2) is 6.07 Å². The van der Waals surface area contributed by atoms with Crippen molar-refractivity contribution in [2.45, 2.75) is 57.5 Å². The van der Waals surface area contributed by atoms with Gasteiger partial charge in [0.1, 0.15) is 17.5 Å². The molecule has 2 unspecified atom stereocenters. The second-order valence-electron chi connectivity index (χ2n) is 6.50. The van der Waals surface area contributed by atoms with Gasteiger partial charge in [-0.05, 0) is 46.6 Å². The summed E-state index contributed by atoms with van der Waals surface area (Å²) in [7, 11) is 2.21. The molecule has 0 aromatic carbocycles. The summed E-state index contributed by atoms with van der Waals surface area (Å²) < 4.78 is 0. The quantitative estimate of drug-likeness (QED) is 0.873. The summed E-state index contributed by atoms with van der Waals surface area (Å²) in [5.74, 6) is 3.54. The van der Waals surface area contributed by atoms with Gasteiger partial charge in [-0.2, -0.15) is 0 Å². The van der Waals surface area contributed by atoms with Gasteiger partial charge in [-0.25, -0.2) is 9.97 Å². The highest BCUT2D eigenvalue weighted by Crippen LogP contribution is 2.39. The van der Waals surface area contributed by atoms with Crippen LogP contribution in [0, 0.1) is 0 Å². The second-order valence-corrected chi connectivity index (χ2v) is 6.50. The van der Waals surface area contributed by atoms with Gasteiger partial charge in [-0.1, -0.05) is 0 Å². The van der Waals surface area contributed by atoms with Crippen molar-refractivity contribution in [2.75, 3.05) is 30.8 Å². The Labute approximate surface area is 127 Å². The SMILES string of the molecule is CCNc1cc(NC2CCN(C)C(C)C2)nc(C2CC2)n1. The fourth-order valence-corrected chi connectivity index (χ4v) is 2.97. The third-order valence-corrected chi connectivity index (χ3v) is 4.60. The van der Waals surface area contributed by atoms with Crippen molar-refractivity contribution in [2.24, 2.45) is 0 Å². The van der Waals surface area contributed by atoms with Crippen LogP contribution >= 0.6 is 0 Å². The monoisotopic (exact) mass is 289 g/mol. The molecule has 1 aromatic heterocycles. The molecule has 1 aromatic rings. The molecule has 2 heterocycles. The van der Waals surface area contributed by atoms with Crippen LogP contribution in [0.25, 0.3) is 0 Å². The minimum Gasteiger partial charge on any atom is -0.370 e. The Balaban J connectivity index is 1.71. The predicted octanol–water partition coefficient (Wildman–Crippen LogP) is 2.68.